The van der Waals surface area contributed by atoms with Crippen LogP contribution in [0, 0.1) is 19.8 Å². The van der Waals surface area contributed by atoms with Crippen molar-refractivity contribution in [3.8, 4) is 5.75 Å². The van der Waals surface area contributed by atoms with Crippen LogP contribution in [0.3, 0.4) is 0 Å². The number of carbonyl (C=O) groups is 1. The minimum absolute atomic E-state index is 0.127. The Kier molecular flexibility index (Phi) is 5.35. The van der Waals surface area contributed by atoms with Gasteiger partial charge in [-0.2, -0.15) is 0 Å². The van der Waals surface area contributed by atoms with Gasteiger partial charge in [0.1, 0.15) is 5.75 Å². The number of ether oxygens (including phenoxy) is 1. The first kappa shape index (κ1) is 14.7. The van der Waals surface area contributed by atoms with Crippen LogP contribution in [0.5, 0.6) is 5.75 Å². The summed E-state index contributed by atoms with van der Waals surface area (Å²) in [4.78, 5) is 12.3. The van der Waals surface area contributed by atoms with E-state index in [-0.39, 0.29) is 11.7 Å². The molecule has 3 heteroatoms. The summed E-state index contributed by atoms with van der Waals surface area (Å²) in [5.41, 5.74) is 8.44. The molecule has 0 bridgehead atoms. The molecular weight excluding hydrogens is 226 g/mol. The van der Waals surface area contributed by atoms with Crippen molar-refractivity contribution in [2.75, 3.05) is 13.7 Å². The number of carbonyl (C=O) groups excluding carboxylic acids is 1. The summed E-state index contributed by atoms with van der Waals surface area (Å²) < 4.78 is 5.32. The Hall–Kier alpha value is -1.35. The van der Waals surface area contributed by atoms with Gasteiger partial charge in [-0.25, -0.2) is 0 Å². The normalized spacial score (nSPS) is 12.3. The summed E-state index contributed by atoms with van der Waals surface area (Å²) in [6, 6.07) is 3.92. The smallest absolute Gasteiger partial charge is 0.167 e. The molecule has 0 aliphatic rings. The second-order valence-electron chi connectivity index (χ2n) is 4.80. The first-order valence-corrected chi connectivity index (χ1v) is 6.41. The predicted octanol–water partition coefficient (Wildman–Crippen LogP) is 2.87. The lowest BCUT2D eigenvalue weighted by Gasteiger charge is -2.15. The van der Waals surface area contributed by atoms with Crippen molar-refractivity contribution >= 4 is 5.78 Å². The lowest BCUT2D eigenvalue weighted by atomic mass is 9.92. The number of benzene rings is 1. The summed E-state index contributed by atoms with van der Waals surface area (Å²) in [5.74, 6) is 1.05. The Labute approximate surface area is 109 Å². The molecule has 0 saturated heterocycles. The maximum atomic E-state index is 12.3. The van der Waals surface area contributed by atoms with E-state index in [2.05, 4.69) is 6.92 Å². The molecule has 0 aliphatic heterocycles. The molecular formula is C15H23NO2. The molecule has 100 valence electrons. The van der Waals surface area contributed by atoms with Crippen LogP contribution in [-0.4, -0.2) is 19.4 Å². The Morgan fingerprint density at radius 1 is 1.39 bits per heavy atom. The average Bonchev–Trinajstić information content (AvgIpc) is 2.34. The van der Waals surface area contributed by atoms with Crippen LogP contribution in [0.1, 0.15) is 41.3 Å². The van der Waals surface area contributed by atoms with E-state index in [1.165, 1.54) is 0 Å². The molecule has 0 aromatic heterocycles. The molecule has 3 nitrogen and oxygen atoms in total. The van der Waals surface area contributed by atoms with Crippen molar-refractivity contribution in [3.63, 3.8) is 0 Å². The maximum Gasteiger partial charge on any atom is 0.167 e. The van der Waals surface area contributed by atoms with Gasteiger partial charge < -0.3 is 10.5 Å². The summed E-state index contributed by atoms with van der Waals surface area (Å²) in [5, 5.41) is 0. The lowest BCUT2D eigenvalue weighted by Crippen LogP contribution is -2.18. The fraction of sp³-hybridized carbons (Fsp3) is 0.533. The molecule has 1 unspecified atom stereocenters. The molecule has 0 radical (unpaired) electrons. The first-order valence-electron chi connectivity index (χ1n) is 6.41. The van der Waals surface area contributed by atoms with Crippen molar-refractivity contribution in [1.29, 1.82) is 0 Å². The van der Waals surface area contributed by atoms with Crippen LogP contribution < -0.4 is 10.5 Å². The van der Waals surface area contributed by atoms with Crippen LogP contribution >= 0.6 is 0 Å². The van der Waals surface area contributed by atoms with Gasteiger partial charge in [-0.05, 0) is 43.5 Å². The van der Waals surface area contributed by atoms with Gasteiger partial charge in [0.15, 0.2) is 5.78 Å². The molecule has 1 rings (SSSR count). The van der Waals surface area contributed by atoms with Gasteiger partial charge in [-0.15, -0.1) is 0 Å². The second-order valence-corrected chi connectivity index (χ2v) is 4.80. The summed E-state index contributed by atoms with van der Waals surface area (Å²) in [6.07, 6.45) is 1.42. The average molecular weight is 249 g/mol. The number of hydrogen-bond acceptors (Lipinski definition) is 3. The van der Waals surface area contributed by atoms with E-state index in [1.54, 1.807) is 7.11 Å². The Morgan fingerprint density at radius 3 is 2.56 bits per heavy atom. The third kappa shape index (κ3) is 3.33. The van der Waals surface area contributed by atoms with Gasteiger partial charge in [0, 0.05) is 6.42 Å². The van der Waals surface area contributed by atoms with E-state index < -0.39 is 0 Å². The van der Waals surface area contributed by atoms with E-state index >= 15 is 0 Å². The molecule has 0 fully saturated rings. The SMILES string of the molecule is CCC(CN)CC(=O)c1c(C)cc(C)cc1OC. The molecule has 0 heterocycles. The number of nitrogens with two attached hydrogens (primary N) is 1. The van der Waals surface area contributed by atoms with Crippen molar-refractivity contribution in [2.24, 2.45) is 11.7 Å². The van der Waals surface area contributed by atoms with Crippen molar-refractivity contribution in [1.82, 2.24) is 0 Å². The standard InChI is InChI=1S/C15H23NO2/c1-5-12(9-16)8-13(17)15-11(3)6-10(2)7-14(15)18-4/h6-7,12H,5,8-9,16H2,1-4H3. The fourth-order valence-corrected chi connectivity index (χ4v) is 2.21. The topological polar surface area (TPSA) is 52.3 Å². The van der Waals surface area contributed by atoms with E-state index in [0.29, 0.717) is 24.3 Å². The first-order chi connectivity index (χ1) is 8.53. The molecule has 2 N–H and O–H groups in total. The highest BCUT2D eigenvalue weighted by Crippen LogP contribution is 2.26. The van der Waals surface area contributed by atoms with Gasteiger partial charge in [0.25, 0.3) is 0 Å². The molecule has 1 atom stereocenters. The second kappa shape index (κ2) is 6.55. The molecule has 18 heavy (non-hydrogen) atoms. The quantitative estimate of drug-likeness (QED) is 0.789. The summed E-state index contributed by atoms with van der Waals surface area (Å²) in [6.45, 7) is 6.56. The Bertz CT molecular complexity index is 423. The van der Waals surface area contributed by atoms with Crippen LogP contribution in [0.2, 0.25) is 0 Å². The summed E-state index contributed by atoms with van der Waals surface area (Å²) >= 11 is 0. The Morgan fingerprint density at radius 2 is 2.06 bits per heavy atom. The lowest BCUT2D eigenvalue weighted by molar-refractivity contribution is 0.0957. The number of aryl methyl sites for hydroxylation is 2. The third-order valence-corrected chi connectivity index (χ3v) is 3.33. The number of methoxy groups -OCH3 is 1. The zero-order valence-corrected chi connectivity index (χ0v) is 11.7. The minimum atomic E-state index is 0.127. The molecule has 0 saturated carbocycles. The zero-order chi connectivity index (χ0) is 13.7. The highest BCUT2D eigenvalue weighted by atomic mass is 16.5. The van der Waals surface area contributed by atoms with E-state index in [4.69, 9.17) is 10.5 Å². The highest BCUT2D eigenvalue weighted by Gasteiger charge is 2.18. The molecule has 1 aromatic carbocycles. The van der Waals surface area contributed by atoms with Gasteiger partial charge in [-0.1, -0.05) is 19.4 Å². The number of Topliss-reactive ketones (excluding diaryl/α,β-unsaturated/α-hetero) is 1. The van der Waals surface area contributed by atoms with E-state index in [9.17, 15) is 4.79 Å². The van der Waals surface area contributed by atoms with Crippen molar-refractivity contribution < 1.29 is 9.53 Å². The molecule has 0 spiro atoms. The number of rotatable bonds is 6. The van der Waals surface area contributed by atoms with E-state index in [0.717, 1.165) is 17.5 Å². The van der Waals surface area contributed by atoms with Gasteiger partial charge in [-0.3, -0.25) is 4.79 Å². The van der Waals surface area contributed by atoms with Crippen LogP contribution in [0.15, 0.2) is 12.1 Å². The minimum Gasteiger partial charge on any atom is -0.496 e. The third-order valence-electron chi connectivity index (χ3n) is 3.33. The fourth-order valence-electron chi connectivity index (χ4n) is 2.21. The molecule has 1 aromatic rings. The summed E-state index contributed by atoms with van der Waals surface area (Å²) in [7, 11) is 1.60. The van der Waals surface area contributed by atoms with Gasteiger partial charge in [0.05, 0.1) is 12.7 Å². The van der Waals surface area contributed by atoms with Crippen molar-refractivity contribution in [2.45, 2.75) is 33.6 Å². The molecule has 0 amide bonds. The Balaban J connectivity index is 3.05. The van der Waals surface area contributed by atoms with Gasteiger partial charge >= 0.3 is 0 Å². The number of hydrogen-bond donors (Lipinski definition) is 1. The van der Waals surface area contributed by atoms with Gasteiger partial charge in [0.2, 0.25) is 0 Å². The monoisotopic (exact) mass is 249 g/mol. The van der Waals surface area contributed by atoms with Crippen LogP contribution in [0.25, 0.3) is 0 Å². The maximum absolute atomic E-state index is 12.3. The largest absolute Gasteiger partial charge is 0.496 e. The number of ketones is 1. The predicted molar refractivity (Wildman–Crippen MR) is 74.3 cm³/mol. The zero-order valence-electron chi connectivity index (χ0n) is 11.7. The molecule has 0 aliphatic carbocycles. The van der Waals surface area contributed by atoms with Crippen LogP contribution in [0.4, 0.5) is 0 Å². The van der Waals surface area contributed by atoms with Crippen LogP contribution in [-0.2, 0) is 0 Å². The highest BCUT2D eigenvalue weighted by molar-refractivity contribution is 6.00. The van der Waals surface area contributed by atoms with E-state index in [1.807, 2.05) is 26.0 Å². The van der Waals surface area contributed by atoms with Crippen molar-refractivity contribution in [3.05, 3.63) is 28.8 Å².